The lowest BCUT2D eigenvalue weighted by molar-refractivity contribution is -0.245. The lowest BCUT2D eigenvalue weighted by atomic mass is 9.42. The molecule has 3 aliphatic heterocycles. The third kappa shape index (κ3) is 7.07. The zero-order valence-electron chi connectivity index (χ0n) is 35.6. The Morgan fingerprint density at radius 2 is 1.38 bits per heavy atom. The van der Waals surface area contributed by atoms with Crippen LogP contribution in [0.4, 0.5) is 0 Å². The summed E-state index contributed by atoms with van der Waals surface area (Å²) in [5, 5.41) is 0.926. The second kappa shape index (κ2) is 15.8. The topological polar surface area (TPSA) is 136 Å². The Morgan fingerprint density at radius 3 is 2.00 bits per heavy atom. The van der Waals surface area contributed by atoms with E-state index in [1.165, 1.54) is 11.1 Å². The largest absolute Gasteiger partial charge is 0.495 e. The lowest BCUT2D eigenvalue weighted by Gasteiger charge is -2.66. The first-order chi connectivity index (χ1) is 29.5. The first-order valence-electron chi connectivity index (χ1n) is 22.4. The van der Waals surface area contributed by atoms with E-state index in [2.05, 4.69) is 80.4 Å². The molecule has 2 amide bonds. The molecule has 1 aromatic heterocycles. The normalized spacial score (nSPS) is 26.3. The van der Waals surface area contributed by atoms with Crippen molar-refractivity contribution < 1.29 is 23.6 Å². The first-order valence-corrected chi connectivity index (χ1v) is 22.4. The molecule has 5 aromatic rings. The van der Waals surface area contributed by atoms with E-state index in [0.717, 1.165) is 59.6 Å². The van der Waals surface area contributed by atoms with Gasteiger partial charge in [-0.3, -0.25) is 9.59 Å². The summed E-state index contributed by atoms with van der Waals surface area (Å²) in [6, 6.07) is 32.8. The number of nitrogens with two attached hydrogens (primary N) is 2. The molecule has 3 aliphatic carbocycles. The number of amides is 2. The number of benzene rings is 4. The van der Waals surface area contributed by atoms with E-state index in [9.17, 15) is 9.59 Å². The summed E-state index contributed by atoms with van der Waals surface area (Å²) in [6.45, 7) is 10.7. The summed E-state index contributed by atoms with van der Waals surface area (Å²) in [5.41, 5.74) is 19.1. The molecule has 6 aliphatic rings. The highest BCUT2D eigenvalue weighted by Crippen LogP contribution is 2.66. The summed E-state index contributed by atoms with van der Waals surface area (Å²) >= 11 is 0. The van der Waals surface area contributed by atoms with Crippen LogP contribution < -0.4 is 21.7 Å². The molecule has 5 atom stereocenters. The maximum atomic E-state index is 14.0. The van der Waals surface area contributed by atoms with Gasteiger partial charge in [0.05, 0.1) is 5.60 Å². The van der Waals surface area contributed by atoms with Crippen LogP contribution >= 0.6 is 0 Å². The molecule has 11 heteroatoms. The number of carbonyl (C=O) groups is 2. The van der Waals surface area contributed by atoms with Crippen LogP contribution in [0.15, 0.2) is 97.1 Å². The highest BCUT2D eigenvalue weighted by molar-refractivity contribution is 6.65. The standard InChI is InChI=1S/C50H58BN5O5/c1-49(2)40-28-44(49)50(3)46(45(40)59-38-13-6-12-37(26-38)47(57)55-20-16-33(17-21-55)35-10-4-8-31(24-35)29-52)60-51(61-50)41-14-7-15-42-39(41)27-43(54-42)48(58)56-22-18-34(19-23-56)36-11-5-9-32(25-36)30-53/h4-15,24-27,33-34,40,44-46,54H,16-23,28-30,52-53H2,1-3H3/t40-,44-,45+,46+,50+/m0/s1. The number of likely N-dealkylation sites (tertiary alicyclic amines) is 2. The van der Waals surface area contributed by atoms with Crippen LogP contribution in [-0.2, 0) is 22.4 Å². The molecule has 5 N–H and O–H groups in total. The van der Waals surface area contributed by atoms with Gasteiger partial charge in [-0.2, -0.15) is 0 Å². The average molecular weight is 820 g/mol. The summed E-state index contributed by atoms with van der Waals surface area (Å²) in [4.78, 5) is 35.2. The number of piperidine rings is 2. The van der Waals surface area contributed by atoms with Gasteiger partial charge in [0.1, 0.15) is 23.7 Å². The molecule has 0 spiro atoms. The fourth-order valence-electron chi connectivity index (χ4n) is 11.8. The molecular weight excluding hydrogens is 761 g/mol. The molecule has 4 aromatic carbocycles. The fourth-order valence-corrected chi connectivity index (χ4v) is 11.8. The van der Waals surface area contributed by atoms with Gasteiger partial charge < -0.3 is 40.3 Å². The van der Waals surface area contributed by atoms with Crippen molar-refractivity contribution in [2.24, 2.45) is 28.7 Å². The maximum Gasteiger partial charge on any atom is 0.495 e. The van der Waals surface area contributed by atoms with Crippen molar-refractivity contribution in [1.82, 2.24) is 14.8 Å². The van der Waals surface area contributed by atoms with E-state index in [-0.39, 0.29) is 41.3 Å². The monoisotopic (exact) mass is 819 g/mol. The Morgan fingerprint density at radius 1 is 0.770 bits per heavy atom. The van der Waals surface area contributed by atoms with Crippen molar-refractivity contribution in [3.8, 4) is 5.75 Å². The van der Waals surface area contributed by atoms with Crippen LogP contribution in [0, 0.1) is 17.3 Å². The van der Waals surface area contributed by atoms with Crippen molar-refractivity contribution in [1.29, 1.82) is 0 Å². The van der Waals surface area contributed by atoms with Gasteiger partial charge in [0.15, 0.2) is 0 Å². The van der Waals surface area contributed by atoms with Gasteiger partial charge in [-0.25, -0.2) is 0 Å². The van der Waals surface area contributed by atoms with Crippen LogP contribution in [0.1, 0.15) is 108 Å². The Hall–Kier alpha value is -4.94. The van der Waals surface area contributed by atoms with Crippen LogP contribution in [0.5, 0.6) is 5.75 Å². The van der Waals surface area contributed by atoms with E-state index >= 15 is 0 Å². The van der Waals surface area contributed by atoms with Gasteiger partial charge in [0, 0.05) is 56.3 Å². The fraction of sp³-hybridized carbons (Fsp3) is 0.440. The zero-order chi connectivity index (χ0) is 42.0. The third-order valence-electron chi connectivity index (χ3n) is 15.3. The van der Waals surface area contributed by atoms with E-state index in [1.807, 2.05) is 52.3 Å². The quantitative estimate of drug-likeness (QED) is 0.135. The Bertz CT molecular complexity index is 2450. The van der Waals surface area contributed by atoms with Crippen LogP contribution in [-0.4, -0.2) is 77.7 Å². The lowest BCUT2D eigenvalue weighted by Crippen LogP contribution is -2.72. The molecule has 11 rings (SSSR count). The molecule has 3 saturated heterocycles. The second-order valence-electron chi connectivity index (χ2n) is 19.0. The number of ether oxygens (including phenoxy) is 1. The molecule has 10 nitrogen and oxygen atoms in total. The number of aromatic amines is 1. The minimum atomic E-state index is -0.632. The molecule has 3 saturated carbocycles. The summed E-state index contributed by atoms with van der Waals surface area (Å²) in [6.07, 6.45) is 4.06. The minimum absolute atomic E-state index is 0.0139. The van der Waals surface area contributed by atoms with Crippen molar-refractivity contribution in [2.45, 2.75) is 95.6 Å². The molecule has 0 unspecified atom stereocenters. The Kier molecular flexibility index (Phi) is 10.4. The average Bonchev–Trinajstić information content (AvgIpc) is 3.91. The highest BCUT2D eigenvalue weighted by atomic mass is 16.7. The summed E-state index contributed by atoms with van der Waals surface area (Å²) < 4.78 is 21.0. The van der Waals surface area contributed by atoms with Gasteiger partial charge in [0.2, 0.25) is 0 Å². The van der Waals surface area contributed by atoms with E-state index < -0.39 is 12.7 Å². The smallest absolute Gasteiger partial charge is 0.487 e. The number of carbonyl (C=O) groups excluding carboxylic acids is 2. The molecule has 6 fully saturated rings. The molecule has 61 heavy (non-hydrogen) atoms. The van der Waals surface area contributed by atoms with Gasteiger partial charge in [0.25, 0.3) is 11.8 Å². The van der Waals surface area contributed by atoms with E-state index in [1.54, 1.807) is 0 Å². The van der Waals surface area contributed by atoms with Crippen molar-refractivity contribution >= 4 is 35.3 Å². The van der Waals surface area contributed by atoms with E-state index in [0.29, 0.717) is 68.1 Å². The van der Waals surface area contributed by atoms with Gasteiger partial charge >= 0.3 is 7.12 Å². The number of nitrogens with one attached hydrogen (secondary N) is 1. The number of fused-ring (bicyclic) bond motifs is 1. The molecule has 2 bridgehead atoms. The summed E-state index contributed by atoms with van der Waals surface area (Å²) in [5.74, 6) is 2.11. The van der Waals surface area contributed by atoms with Crippen molar-refractivity contribution in [3.05, 3.63) is 131 Å². The zero-order valence-corrected chi connectivity index (χ0v) is 35.6. The second-order valence-corrected chi connectivity index (χ2v) is 19.0. The molecule has 316 valence electrons. The van der Waals surface area contributed by atoms with Gasteiger partial charge in [-0.15, -0.1) is 0 Å². The SMILES string of the molecule is CC1(C)[C@H]2C[C@@H]1[C@@]1(C)OB(c3cccc4[nH]c(C(=O)N5CCC(c6cccc(CN)c6)CC5)cc34)O[C@@H]1[C@@H]2Oc1cccc(C(=O)N2CCC(c3cccc(CN)c3)CC2)c1. The van der Waals surface area contributed by atoms with Crippen molar-refractivity contribution in [2.75, 3.05) is 26.2 Å². The number of nitrogens with zero attached hydrogens (tertiary/aromatic N) is 2. The van der Waals surface area contributed by atoms with Gasteiger partial charge in [-0.1, -0.05) is 80.6 Å². The molecular formula is C50H58BN5O5. The Labute approximate surface area is 359 Å². The predicted octanol–water partition coefficient (Wildman–Crippen LogP) is 7.12. The van der Waals surface area contributed by atoms with Crippen molar-refractivity contribution in [3.63, 3.8) is 0 Å². The maximum absolute atomic E-state index is 14.0. The highest BCUT2D eigenvalue weighted by Gasteiger charge is 2.73. The minimum Gasteiger partial charge on any atom is -0.487 e. The van der Waals surface area contributed by atoms with Crippen LogP contribution in [0.3, 0.4) is 0 Å². The number of rotatable bonds is 9. The van der Waals surface area contributed by atoms with Crippen LogP contribution in [0.2, 0.25) is 0 Å². The number of hydrogen-bond donors (Lipinski definition) is 3. The van der Waals surface area contributed by atoms with E-state index in [4.69, 9.17) is 25.5 Å². The predicted molar refractivity (Wildman–Crippen MR) is 239 cm³/mol. The number of H-pyrrole nitrogens is 1. The number of hydrogen-bond acceptors (Lipinski definition) is 7. The first kappa shape index (κ1) is 40.2. The van der Waals surface area contributed by atoms with Crippen LogP contribution in [0.25, 0.3) is 10.9 Å². The van der Waals surface area contributed by atoms with Gasteiger partial charge in [-0.05, 0) is 126 Å². The third-order valence-corrected chi connectivity index (χ3v) is 15.3. The molecule has 0 radical (unpaired) electrons. The Balaban J connectivity index is 0.836. The molecule has 4 heterocycles. The summed E-state index contributed by atoms with van der Waals surface area (Å²) in [7, 11) is -0.632. The number of aromatic nitrogens is 1.